The van der Waals surface area contributed by atoms with Gasteiger partial charge in [0.1, 0.15) is 17.8 Å². The summed E-state index contributed by atoms with van der Waals surface area (Å²) < 4.78 is 29.8. The summed E-state index contributed by atoms with van der Waals surface area (Å²) in [5, 5.41) is 17.6. The Balaban J connectivity index is 2.35. The lowest BCUT2D eigenvalue weighted by molar-refractivity contribution is -0.135. The Morgan fingerprint density at radius 1 is 1.13 bits per heavy atom. The lowest BCUT2D eigenvalue weighted by Gasteiger charge is -2.13. The first-order valence-electron chi connectivity index (χ1n) is 6.33. The van der Waals surface area contributed by atoms with Crippen molar-refractivity contribution in [1.29, 1.82) is 0 Å². The monoisotopic (exact) mass is 336 g/mol. The van der Waals surface area contributed by atoms with Crippen LogP contribution in [0.4, 0.5) is 0 Å². The molecule has 1 aromatic rings. The number of carbonyl (C=O) groups is 2. The third kappa shape index (κ3) is 3.67. The Bertz CT molecular complexity index is 830. The van der Waals surface area contributed by atoms with E-state index in [-0.39, 0.29) is 22.0 Å². The van der Waals surface area contributed by atoms with Crippen molar-refractivity contribution < 1.29 is 33.0 Å². The molecular weight excluding hydrogens is 324 g/mol. The molecule has 2 N–H and O–H groups in total. The van der Waals surface area contributed by atoms with E-state index in [2.05, 4.69) is 0 Å². The van der Waals surface area contributed by atoms with Gasteiger partial charge in [-0.15, -0.1) is 0 Å². The van der Waals surface area contributed by atoms with E-state index in [0.717, 1.165) is 12.3 Å². The maximum Gasteiger partial charge on any atom is 0.371 e. The van der Waals surface area contributed by atoms with Gasteiger partial charge in [0.2, 0.25) is 15.6 Å². The number of aliphatic hydroxyl groups is 1. The van der Waals surface area contributed by atoms with Gasteiger partial charge in [0.25, 0.3) is 0 Å². The Morgan fingerprint density at radius 3 is 2.39 bits per heavy atom. The molecule has 120 valence electrons. The minimum Gasteiger partial charge on any atom is -0.502 e. The molecule has 1 heterocycles. The van der Waals surface area contributed by atoms with Crippen LogP contribution in [0.1, 0.15) is 0 Å². The summed E-state index contributed by atoms with van der Waals surface area (Å²) in [6, 6.07) is 7.57. The fourth-order valence-electron chi connectivity index (χ4n) is 1.76. The highest BCUT2D eigenvalue weighted by Crippen LogP contribution is 2.24. The number of carbonyl (C=O) groups excluding carboxylic acids is 1. The zero-order chi connectivity index (χ0) is 17.0. The number of carboxylic acid groups (broad SMARTS) is 1. The number of sulfone groups is 1. The molecule has 8 heteroatoms. The topological polar surface area (TPSA) is 118 Å². The number of carboxylic acids is 1. The molecule has 0 fully saturated rings. The zero-order valence-electron chi connectivity index (χ0n) is 11.7. The molecule has 0 aromatic heterocycles. The summed E-state index contributed by atoms with van der Waals surface area (Å²) in [5.41, 5.74) is -0.0881. The first-order valence-corrected chi connectivity index (χ1v) is 7.81. The van der Waals surface area contributed by atoms with E-state index < -0.39 is 27.3 Å². The minimum absolute atomic E-state index is 0.0312. The van der Waals surface area contributed by atoms with Gasteiger partial charge in [0.05, 0.1) is 4.90 Å². The number of ether oxygens (including phenoxy) is 1. The van der Waals surface area contributed by atoms with Crippen molar-refractivity contribution in [2.24, 2.45) is 0 Å². The number of aliphatic carboxylic acids is 1. The summed E-state index contributed by atoms with van der Waals surface area (Å²) in [5.74, 6) is -3.65. The molecule has 0 unspecified atom stereocenters. The molecule has 0 spiro atoms. The lowest BCUT2D eigenvalue weighted by atomic mass is 10.1. The van der Waals surface area contributed by atoms with Gasteiger partial charge in [-0.25, -0.2) is 13.2 Å². The second kappa shape index (κ2) is 6.49. The van der Waals surface area contributed by atoms with Gasteiger partial charge in [0.15, 0.2) is 5.78 Å². The molecule has 23 heavy (non-hydrogen) atoms. The van der Waals surface area contributed by atoms with Gasteiger partial charge in [-0.2, -0.15) is 0 Å². The van der Waals surface area contributed by atoms with E-state index in [1.165, 1.54) is 12.1 Å². The molecule has 0 amide bonds. The van der Waals surface area contributed by atoms with Crippen molar-refractivity contribution in [2.45, 2.75) is 4.90 Å². The quantitative estimate of drug-likeness (QED) is 0.615. The fourth-order valence-corrected chi connectivity index (χ4v) is 3.04. The molecule has 1 aliphatic rings. The normalized spacial score (nSPS) is 15.2. The summed E-state index contributed by atoms with van der Waals surface area (Å²) in [6.07, 6.45) is 2.61. The molecule has 0 bridgehead atoms. The second-order valence-electron chi connectivity index (χ2n) is 4.52. The van der Waals surface area contributed by atoms with E-state index in [0.29, 0.717) is 6.08 Å². The molecule has 0 radical (unpaired) electrons. The predicted octanol–water partition coefficient (Wildman–Crippen LogP) is 1.35. The SMILES string of the molecule is O=C(O)C(O)=CC(=O)C1=CC(S(=O)(=O)c2ccccc2)=COC1. The smallest absolute Gasteiger partial charge is 0.371 e. The first-order chi connectivity index (χ1) is 10.8. The Morgan fingerprint density at radius 2 is 1.78 bits per heavy atom. The molecule has 0 saturated heterocycles. The highest BCUT2D eigenvalue weighted by molar-refractivity contribution is 7.95. The maximum atomic E-state index is 12.4. The maximum absolute atomic E-state index is 12.4. The van der Waals surface area contributed by atoms with E-state index in [1.807, 2.05) is 0 Å². The van der Waals surface area contributed by atoms with Gasteiger partial charge in [-0.3, -0.25) is 4.79 Å². The Labute approximate surface area is 131 Å². The molecule has 1 aliphatic heterocycles. The number of aliphatic hydroxyl groups excluding tert-OH is 1. The second-order valence-corrected chi connectivity index (χ2v) is 6.47. The lowest BCUT2D eigenvalue weighted by Crippen LogP contribution is -2.15. The van der Waals surface area contributed by atoms with Crippen molar-refractivity contribution in [3.05, 3.63) is 65.0 Å². The minimum atomic E-state index is -3.87. The van der Waals surface area contributed by atoms with E-state index in [1.54, 1.807) is 18.2 Å². The van der Waals surface area contributed by atoms with Crippen LogP contribution in [0.3, 0.4) is 0 Å². The van der Waals surface area contributed by atoms with E-state index in [9.17, 15) is 18.0 Å². The fraction of sp³-hybridized carbons (Fsp3) is 0.0667. The number of ketones is 1. The Kier molecular flexibility index (Phi) is 4.65. The van der Waals surface area contributed by atoms with E-state index in [4.69, 9.17) is 14.9 Å². The van der Waals surface area contributed by atoms with Gasteiger partial charge in [-0.1, -0.05) is 18.2 Å². The zero-order valence-corrected chi connectivity index (χ0v) is 12.5. The summed E-state index contributed by atoms with van der Waals surface area (Å²) >= 11 is 0. The Hall–Kier alpha value is -2.87. The number of allylic oxidation sites excluding steroid dienone is 2. The molecule has 0 aliphatic carbocycles. The van der Waals surface area contributed by atoms with Gasteiger partial charge >= 0.3 is 5.97 Å². The number of hydrogen-bond donors (Lipinski definition) is 2. The van der Waals surface area contributed by atoms with Gasteiger partial charge < -0.3 is 14.9 Å². The number of rotatable bonds is 5. The molecule has 1 aromatic carbocycles. The van der Waals surface area contributed by atoms with Crippen LogP contribution >= 0.6 is 0 Å². The molecule has 2 rings (SSSR count). The summed E-state index contributed by atoms with van der Waals surface area (Å²) in [4.78, 5) is 22.1. The first kappa shape index (κ1) is 16.5. The highest BCUT2D eigenvalue weighted by Gasteiger charge is 2.24. The predicted molar refractivity (Wildman–Crippen MR) is 79.1 cm³/mol. The van der Waals surface area contributed by atoms with Crippen LogP contribution in [0, 0.1) is 0 Å². The van der Waals surface area contributed by atoms with Crippen molar-refractivity contribution in [3.63, 3.8) is 0 Å². The van der Waals surface area contributed by atoms with Crippen LogP contribution in [0.15, 0.2) is 69.9 Å². The highest BCUT2D eigenvalue weighted by atomic mass is 32.2. The van der Waals surface area contributed by atoms with Crippen molar-refractivity contribution >= 4 is 21.6 Å². The van der Waals surface area contributed by atoms with Crippen molar-refractivity contribution in [3.8, 4) is 0 Å². The van der Waals surface area contributed by atoms with Crippen LogP contribution in [0.2, 0.25) is 0 Å². The average molecular weight is 336 g/mol. The van der Waals surface area contributed by atoms with Gasteiger partial charge in [0, 0.05) is 11.6 Å². The van der Waals surface area contributed by atoms with Crippen LogP contribution < -0.4 is 0 Å². The third-order valence-electron chi connectivity index (χ3n) is 2.92. The summed E-state index contributed by atoms with van der Waals surface area (Å²) in [6.45, 7) is -0.226. The largest absolute Gasteiger partial charge is 0.502 e. The summed E-state index contributed by atoms with van der Waals surface area (Å²) in [7, 11) is -3.87. The van der Waals surface area contributed by atoms with Crippen LogP contribution in [0.5, 0.6) is 0 Å². The van der Waals surface area contributed by atoms with Crippen LogP contribution in [0.25, 0.3) is 0 Å². The van der Waals surface area contributed by atoms with Crippen molar-refractivity contribution in [2.75, 3.05) is 6.61 Å². The van der Waals surface area contributed by atoms with Crippen LogP contribution in [-0.4, -0.2) is 37.0 Å². The van der Waals surface area contributed by atoms with Gasteiger partial charge in [-0.05, 0) is 18.2 Å². The molecule has 0 atom stereocenters. The third-order valence-corrected chi connectivity index (χ3v) is 4.65. The molecular formula is C15H12O7S. The van der Waals surface area contributed by atoms with Crippen LogP contribution in [-0.2, 0) is 24.2 Å². The average Bonchev–Trinajstić information content (AvgIpc) is 2.55. The number of benzene rings is 1. The van der Waals surface area contributed by atoms with Crippen molar-refractivity contribution in [1.82, 2.24) is 0 Å². The molecule has 7 nitrogen and oxygen atoms in total. The molecule has 0 saturated carbocycles. The standard InChI is InChI=1S/C15H12O7S/c16-13(7-14(17)15(18)19)10-6-12(9-22-8-10)23(20,21)11-4-2-1-3-5-11/h1-7,9,17H,8H2,(H,18,19). The van der Waals surface area contributed by atoms with E-state index >= 15 is 0 Å². The number of hydrogen-bond acceptors (Lipinski definition) is 6.